The maximum atomic E-state index is 12.3. The number of anilines is 1. The molecule has 1 N–H and O–H groups in total. The monoisotopic (exact) mass is 454 g/mol. The number of thiazole rings is 1. The van der Waals surface area contributed by atoms with Crippen molar-refractivity contribution in [1.29, 1.82) is 0 Å². The number of ether oxygens (including phenoxy) is 2. The lowest BCUT2D eigenvalue weighted by molar-refractivity contribution is -0.118. The Morgan fingerprint density at radius 1 is 1.33 bits per heavy atom. The van der Waals surface area contributed by atoms with Crippen LogP contribution in [-0.2, 0) is 16.0 Å². The molecule has 27 heavy (non-hydrogen) atoms. The summed E-state index contributed by atoms with van der Waals surface area (Å²) >= 11 is 4.63. The van der Waals surface area contributed by atoms with Gasteiger partial charge in [0.25, 0.3) is 5.91 Å². The smallest absolute Gasteiger partial charge is 0.350 e. The molecule has 0 spiro atoms. The van der Waals surface area contributed by atoms with Crippen molar-refractivity contribution in [3.05, 3.63) is 38.3 Å². The molecule has 1 aromatic carbocycles. The SMILES string of the molecule is CCc1nc(NC(=O)COc2cc(C)c(Br)cc2C(C)C)sc1C(=O)OC. The highest BCUT2D eigenvalue weighted by Crippen LogP contribution is 2.32. The van der Waals surface area contributed by atoms with Gasteiger partial charge in [0, 0.05) is 4.47 Å². The number of hydrogen-bond donors (Lipinski definition) is 1. The molecule has 0 radical (unpaired) electrons. The van der Waals surface area contributed by atoms with Gasteiger partial charge >= 0.3 is 5.97 Å². The predicted octanol–water partition coefficient (Wildman–Crippen LogP) is 4.70. The maximum Gasteiger partial charge on any atom is 0.350 e. The minimum atomic E-state index is -0.451. The molecule has 8 heteroatoms. The van der Waals surface area contributed by atoms with E-state index in [1.54, 1.807) is 0 Å². The summed E-state index contributed by atoms with van der Waals surface area (Å²) in [5.74, 6) is 0.157. The predicted molar refractivity (Wildman–Crippen MR) is 110 cm³/mol. The standard InChI is InChI=1S/C19H23BrN2O4S/c1-6-14-17(18(24)25-5)27-19(21-14)22-16(23)9-26-15-7-11(4)13(20)8-12(15)10(2)3/h7-8,10H,6,9H2,1-5H3,(H,21,22,23). The molecule has 0 aliphatic rings. The van der Waals surface area contributed by atoms with Crippen LogP contribution >= 0.6 is 27.3 Å². The van der Waals surface area contributed by atoms with Crippen molar-refractivity contribution in [3.8, 4) is 5.75 Å². The van der Waals surface area contributed by atoms with E-state index in [1.807, 2.05) is 26.0 Å². The Hall–Kier alpha value is -1.93. The second kappa shape index (κ2) is 9.32. The number of methoxy groups -OCH3 is 1. The Kier molecular flexibility index (Phi) is 7.38. The number of nitrogens with zero attached hydrogens (tertiary/aromatic N) is 1. The Bertz CT molecular complexity index is 848. The third kappa shape index (κ3) is 5.29. The molecule has 0 saturated carbocycles. The van der Waals surface area contributed by atoms with E-state index in [0.29, 0.717) is 27.9 Å². The molecular weight excluding hydrogens is 432 g/mol. The Balaban J connectivity index is 2.08. The molecule has 1 heterocycles. The molecule has 146 valence electrons. The lowest BCUT2D eigenvalue weighted by Crippen LogP contribution is -2.20. The van der Waals surface area contributed by atoms with Crippen molar-refractivity contribution in [3.63, 3.8) is 0 Å². The summed E-state index contributed by atoms with van der Waals surface area (Å²) < 4.78 is 11.5. The first-order valence-corrected chi connectivity index (χ1v) is 10.2. The van der Waals surface area contributed by atoms with Crippen LogP contribution in [0.1, 0.15) is 53.2 Å². The molecule has 1 aromatic heterocycles. The van der Waals surface area contributed by atoms with Crippen LogP contribution in [0, 0.1) is 6.92 Å². The van der Waals surface area contributed by atoms with Crippen LogP contribution in [0.25, 0.3) is 0 Å². The topological polar surface area (TPSA) is 77.5 Å². The molecule has 0 fully saturated rings. The van der Waals surface area contributed by atoms with Crippen molar-refractivity contribution in [2.75, 3.05) is 19.0 Å². The summed E-state index contributed by atoms with van der Waals surface area (Å²) in [6, 6.07) is 3.94. The van der Waals surface area contributed by atoms with E-state index in [9.17, 15) is 9.59 Å². The van der Waals surface area contributed by atoms with Crippen LogP contribution in [0.3, 0.4) is 0 Å². The van der Waals surface area contributed by atoms with Gasteiger partial charge in [-0.25, -0.2) is 9.78 Å². The fourth-order valence-corrected chi connectivity index (χ4v) is 3.79. The summed E-state index contributed by atoms with van der Waals surface area (Å²) in [6.45, 7) is 7.85. The molecule has 0 atom stereocenters. The average Bonchev–Trinajstić information content (AvgIpc) is 3.04. The lowest BCUT2D eigenvalue weighted by Gasteiger charge is -2.15. The molecule has 0 aliphatic carbocycles. The van der Waals surface area contributed by atoms with E-state index < -0.39 is 5.97 Å². The quantitative estimate of drug-likeness (QED) is 0.613. The first-order valence-electron chi connectivity index (χ1n) is 8.57. The molecule has 0 unspecified atom stereocenters. The van der Waals surface area contributed by atoms with Crippen molar-refractivity contribution < 1.29 is 19.1 Å². The van der Waals surface area contributed by atoms with Crippen molar-refractivity contribution in [2.24, 2.45) is 0 Å². The Morgan fingerprint density at radius 3 is 2.63 bits per heavy atom. The Labute approximate surface area is 171 Å². The highest BCUT2D eigenvalue weighted by atomic mass is 79.9. The molecular formula is C19H23BrN2O4S. The van der Waals surface area contributed by atoms with Gasteiger partial charge < -0.3 is 9.47 Å². The van der Waals surface area contributed by atoms with Gasteiger partial charge in [0.1, 0.15) is 10.6 Å². The number of halogens is 1. The molecule has 6 nitrogen and oxygen atoms in total. The number of amides is 1. The van der Waals surface area contributed by atoms with Crippen LogP contribution in [0.4, 0.5) is 5.13 Å². The van der Waals surface area contributed by atoms with Crippen LogP contribution in [0.5, 0.6) is 5.75 Å². The fourth-order valence-electron chi connectivity index (χ4n) is 2.44. The van der Waals surface area contributed by atoms with Gasteiger partial charge in [-0.2, -0.15) is 0 Å². The van der Waals surface area contributed by atoms with Gasteiger partial charge in [-0.3, -0.25) is 10.1 Å². The minimum absolute atomic E-state index is 0.143. The van der Waals surface area contributed by atoms with Crippen molar-refractivity contribution >= 4 is 44.3 Å². The second-order valence-corrected chi connectivity index (χ2v) is 8.12. The van der Waals surface area contributed by atoms with E-state index in [2.05, 4.69) is 40.1 Å². The zero-order chi connectivity index (χ0) is 20.1. The molecule has 0 aliphatic heterocycles. The first-order chi connectivity index (χ1) is 12.8. The number of benzene rings is 1. The number of carbonyl (C=O) groups is 2. The van der Waals surface area contributed by atoms with Gasteiger partial charge in [-0.05, 0) is 42.5 Å². The van der Waals surface area contributed by atoms with Gasteiger partial charge in [-0.1, -0.05) is 48.0 Å². The third-order valence-electron chi connectivity index (χ3n) is 3.92. The van der Waals surface area contributed by atoms with Crippen LogP contribution in [0.15, 0.2) is 16.6 Å². The van der Waals surface area contributed by atoms with Crippen molar-refractivity contribution in [1.82, 2.24) is 4.98 Å². The lowest BCUT2D eigenvalue weighted by atomic mass is 10.0. The summed E-state index contributed by atoms with van der Waals surface area (Å²) in [5.41, 5.74) is 2.66. The molecule has 0 bridgehead atoms. The van der Waals surface area contributed by atoms with Gasteiger partial charge in [0.15, 0.2) is 11.7 Å². The summed E-state index contributed by atoms with van der Waals surface area (Å²) in [6.07, 6.45) is 0.573. The van der Waals surface area contributed by atoms with Gasteiger partial charge in [0.2, 0.25) is 0 Å². The molecule has 2 rings (SSSR count). The number of esters is 1. The number of carbonyl (C=O) groups excluding carboxylic acids is 2. The number of aryl methyl sites for hydroxylation is 2. The largest absolute Gasteiger partial charge is 0.483 e. The zero-order valence-electron chi connectivity index (χ0n) is 16.0. The second-order valence-electron chi connectivity index (χ2n) is 6.27. The van der Waals surface area contributed by atoms with Crippen molar-refractivity contribution in [2.45, 2.75) is 40.0 Å². The van der Waals surface area contributed by atoms with Gasteiger partial charge in [0.05, 0.1) is 12.8 Å². The fraction of sp³-hybridized carbons (Fsp3) is 0.421. The first kappa shape index (κ1) is 21.4. The van der Waals surface area contributed by atoms with E-state index in [1.165, 1.54) is 7.11 Å². The third-order valence-corrected chi connectivity index (χ3v) is 5.77. The molecule has 2 aromatic rings. The van der Waals surface area contributed by atoms with E-state index in [4.69, 9.17) is 9.47 Å². The van der Waals surface area contributed by atoms with E-state index >= 15 is 0 Å². The van der Waals surface area contributed by atoms with Crippen LogP contribution < -0.4 is 10.1 Å². The van der Waals surface area contributed by atoms with Crippen LogP contribution in [-0.4, -0.2) is 30.6 Å². The molecule has 0 saturated heterocycles. The summed E-state index contributed by atoms with van der Waals surface area (Å²) in [5, 5.41) is 3.05. The molecule has 1 amide bonds. The normalized spacial score (nSPS) is 10.8. The minimum Gasteiger partial charge on any atom is -0.483 e. The van der Waals surface area contributed by atoms with E-state index in [0.717, 1.165) is 26.9 Å². The average molecular weight is 455 g/mol. The Morgan fingerprint density at radius 2 is 2.04 bits per heavy atom. The maximum absolute atomic E-state index is 12.3. The zero-order valence-corrected chi connectivity index (χ0v) is 18.4. The van der Waals surface area contributed by atoms with Crippen LogP contribution in [0.2, 0.25) is 0 Å². The van der Waals surface area contributed by atoms with E-state index in [-0.39, 0.29) is 18.4 Å². The number of aromatic nitrogens is 1. The summed E-state index contributed by atoms with van der Waals surface area (Å²) in [4.78, 5) is 28.7. The van der Waals surface area contributed by atoms with Gasteiger partial charge in [-0.15, -0.1) is 0 Å². The number of nitrogens with one attached hydrogen (secondary N) is 1. The number of hydrogen-bond acceptors (Lipinski definition) is 6. The number of rotatable bonds is 7. The summed E-state index contributed by atoms with van der Waals surface area (Å²) in [7, 11) is 1.32. The highest BCUT2D eigenvalue weighted by molar-refractivity contribution is 9.10. The highest BCUT2D eigenvalue weighted by Gasteiger charge is 2.19.